The van der Waals surface area contributed by atoms with Gasteiger partial charge in [-0.15, -0.1) is 0 Å². The van der Waals surface area contributed by atoms with Crippen molar-refractivity contribution in [3.05, 3.63) is 64.4 Å². The van der Waals surface area contributed by atoms with E-state index in [1.807, 2.05) is 0 Å². The summed E-state index contributed by atoms with van der Waals surface area (Å²) in [5.74, 6) is -2.06. The quantitative estimate of drug-likeness (QED) is 0.388. The molecule has 0 saturated carbocycles. The molecule has 0 unspecified atom stereocenters. The molecule has 0 aliphatic carbocycles. The third kappa shape index (κ3) is 3.57. The molecule has 1 N–H and O–H groups in total. The van der Waals surface area contributed by atoms with Gasteiger partial charge in [0.2, 0.25) is 0 Å². The van der Waals surface area contributed by atoms with Crippen molar-refractivity contribution in [2.75, 3.05) is 5.01 Å². The first-order valence-corrected chi connectivity index (χ1v) is 7.83. The Morgan fingerprint density at radius 2 is 2.00 bits per heavy atom. The lowest BCUT2D eigenvalue weighted by Crippen LogP contribution is -2.35. The summed E-state index contributed by atoms with van der Waals surface area (Å²) in [7, 11) is 0. The van der Waals surface area contributed by atoms with Gasteiger partial charge >= 0.3 is 5.97 Å². The average Bonchev–Trinajstić information content (AvgIpc) is 2.85. The number of rotatable bonds is 3. The van der Waals surface area contributed by atoms with E-state index in [4.69, 9.17) is 16.3 Å². The van der Waals surface area contributed by atoms with Crippen molar-refractivity contribution in [3.63, 3.8) is 0 Å². The molecule has 0 radical (unpaired) electrons. The maximum atomic E-state index is 13.3. The SMILES string of the molecule is CC(=O)Oc1cccc(/C=C2\C(=O)NN(c3ccc(F)c(Cl)c3)C2=O)c1. The highest BCUT2D eigenvalue weighted by molar-refractivity contribution is 6.33. The van der Waals surface area contributed by atoms with E-state index in [1.165, 1.54) is 31.2 Å². The minimum atomic E-state index is -0.633. The first kappa shape index (κ1) is 17.6. The molecular weight excluding hydrogens is 363 g/mol. The second kappa shape index (κ2) is 6.97. The Kier molecular flexibility index (Phi) is 4.73. The highest BCUT2D eigenvalue weighted by Gasteiger charge is 2.34. The lowest BCUT2D eigenvalue weighted by Gasteiger charge is -2.14. The molecule has 0 spiro atoms. The van der Waals surface area contributed by atoms with Crippen LogP contribution in [0.15, 0.2) is 48.0 Å². The molecule has 6 nitrogen and oxygen atoms in total. The summed E-state index contributed by atoms with van der Waals surface area (Å²) in [4.78, 5) is 35.7. The molecule has 132 valence electrons. The normalized spacial score (nSPS) is 15.3. The van der Waals surface area contributed by atoms with Gasteiger partial charge in [-0.05, 0) is 42.0 Å². The summed E-state index contributed by atoms with van der Waals surface area (Å²) in [6.45, 7) is 1.27. The molecule has 26 heavy (non-hydrogen) atoms. The van der Waals surface area contributed by atoms with E-state index >= 15 is 0 Å². The number of hydrazine groups is 1. The summed E-state index contributed by atoms with van der Waals surface area (Å²) >= 11 is 5.72. The Balaban J connectivity index is 1.90. The van der Waals surface area contributed by atoms with Gasteiger partial charge in [0.1, 0.15) is 17.1 Å². The first-order valence-electron chi connectivity index (χ1n) is 7.46. The van der Waals surface area contributed by atoms with Crippen molar-refractivity contribution in [2.45, 2.75) is 6.92 Å². The Hall–Kier alpha value is -3.19. The molecule has 2 aromatic carbocycles. The van der Waals surface area contributed by atoms with E-state index in [1.54, 1.807) is 18.2 Å². The fourth-order valence-electron chi connectivity index (χ4n) is 2.36. The Labute approximate surface area is 152 Å². The molecule has 1 aliphatic rings. The number of hydrogen-bond acceptors (Lipinski definition) is 4. The van der Waals surface area contributed by atoms with Crippen LogP contribution in [0, 0.1) is 5.82 Å². The molecule has 1 saturated heterocycles. The van der Waals surface area contributed by atoms with Gasteiger partial charge in [0.05, 0.1) is 10.7 Å². The molecule has 1 heterocycles. The lowest BCUT2D eigenvalue weighted by atomic mass is 10.1. The van der Waals surface area contributed by atoms with Crippen LogP contribution in [-0.4, -0.2) is 17.8 Å². The maximum Gasteiger partial charge on any atom is 0.308 e. The van der Waals surface area contributed by atoms with Gasteiger partial charge in [0.15, 0.2) is 0 Å². The smallest absolute Gasteiger partial charge is 0.308 e. The molecule has 2 amide bonds. The highest BCUT2D eigenvalue weighted by Crippen LogP contribution is 2.26. The van der Waals surface area contributed by atoms with Crippen LogP contribution >= 0.6 is 11.6 Å². The van der Waals surface area contributed by atoms with Crippen molar-refractivity contribution >= 4 is 41.1 Å². The van der Waals surface area contributed by atoms with E-state index in [-0.39, 0.29) is 16.3 Å². The van der Waals surface area contributed by atoms with Crippen LogP contribution in [0.25, 0.3) is 6.08 Å². The monoisotopic (exact) mass is 374 g/mol. The van der Waals surface area contributed by atoms with Crippen LogP contribution < -0.4 is 15.2 Å². The topological polar surface area (TPSA) is 75.7 Å². The van der Waals surface area contributed by atoms with E-state index in [9.17, 15) is 18.8 Å². The summed E-state index contributed by atoms with van der Waals surface area (Å²) in [6.07, 6.45) is 1.37. The number of anilines is 1. The number of nitrogens with one attached hydrogen (secondary N) is 1. The Bertz CT molecular complexity index is 958. The van der Waals surface area contributed by atoms with Crippen LogP contribution in [0.4, 0.5) is 10.1 Å². The zero-order chi connectivity index (χ0) is 18.8. The molecule has 0 atom stereocenters. The van der Waals surface area contributed by atoms with E-state index in [2.05, 4.69) is 5.43 Å². The van der Waals surface area contributed by atoms with Gasteiger partial charge in [-0.1, -0.05) is 23.7 Å². The summed E-state index contributed by atoms with van der Waals surface area (Å²) in [5, 5.41) is 0.811. The molecule has 1 aliphatic heterocycles. The second-order valence-electron chi connectivity index (χ2n) is 5.40. The highest BCUT2D eigenvalue weighted by atomic mass is 35.5. The number of halogens is 2. The molecule has 1 fully saturated rings. The summed E-state index contributed by atoms with van der Waals surface area (Å²) in [5.41, 5.74) is 3.00. The third-order valence-electron chi connectivity index (χ3n) is 3.48. The number of benzene rings is 2. The fourth-order valence-corrected chi connectivity index (χ4v) is 2.54. The number of esters is 1. The van der Waals surface area contributed by atoms with E-state index in [0.717, 1.165) is 11.1 Å². The fraction of sp³-hybridized carbons (Fsp3) is 0.0556. The lowest BCUT2D eigenvalue weighted by molar-refractivity contribution is -0.132. The van der Waals surface area contributed by atoms with Crippen molar-refractivity contribution in [2.24, 2.45) is 0 Å². The largest absolute Gasteiger partial charge is 0.427 e. The van der Waals surface area contributed by atoms with Crippen molar-refractivity contribution in [3.8, 4) is 5.75 Å². The Morgan fingerprint density at radius 1 is 1.23 bits per heavy atom. The first-order chi connectivity index (χ1) is 12.3. The number of carbonyl (C=O) groups excluding carboxylic acids is 3. The van der Waals surface area contributed by atoms with Gasteiger partial charge in [0, 0.05) is 6.92 Å². The van der Waals surface area contributed by atoms with Gasteiger partial charge in [-0.25, -0.2) is 9.40 Å². The number of ether oxygens (including phenoxy) is 1. The van der Waals surface area contributed by atoms with Crippen LogP contribution in [0.5, 0.6) is 5.75 Å². The van der Waals surface area contributed by atoms with Crippen LogP contribution in [0.3, 0.4) is 0 Å². The van der Waals surface area contributed by atoms with Gasteiger partial charge in [-0.2, -0.15) is 0 Å². The van der Waals surface area contributed by atoms with Gasteiger partial charge in [-0.3, -0.25) is 19.8 Å². The van der Waals surface area contributed by atoms with Crippen LogP contribution in [0.2, 0.25) is 5.02 Å². The zero-order valence-corrected chi connectivity index (χ0v) is 14.2. The minimum absolute atomic E-state index is 0.120. The third-order valence-corrected chi connectivity index (χ3v) is 3.77. The zero-order valence-electron chi connectivity index (χ0n) is 13.5. The summed E-state index contributed by atoms with van der Waals surface area (Å²) in [6, 6.07) is 10.0. The minimum Gasteiger partial charge on any atom is -0.427 e. The predicted molar refractivity (Wildman–Crippen MR) is 92.8 cm³/mol. The molecular formula is C18H12ClFN2O4. The predicted octanol–water partition coefficient (Wildman–Crippen LogP) is 2.87. The van der Waals surface area contributed by atoms with E-state index < -0.39 is 23.6 Å². The molecule has 2 aromatic rings. The van der Waals surface area contributed by atoms with Gasteiger partial charge in [0.25, 0.3) is 11.8 Å². The number of nitrogens with zero attached hydrogens (tertiary/aromatic N) is 1. The average molecular weight is 375 g/mol. The van der Waals surface area contributed by atoms with Gasteiger partial charge < -0.3 is 4.74 Å². The standard InChI is InChI=1S/C18H12ClFN2O4/c1-10(23)26-13-4-2-3-11(7-13)8-14-17(24)21-22(18(14)25)12-5-6-16(20)15(19)9-12/h2-9H,1H3,(H,21,24)/b14-8+. The van der Waals surface area contributed by atoms with Crippen molar-refractivity contribution < 1.29 is 23.5 Å². The summed E-state index contributed by atoms with van der Waals surface area (Å²) < 4.78 is 18.3. The van der Waals surface area contributed by atoms with Crippen LogP contribution in [0.1, 0.15) is 12.5 Å². The Morgan fingerprint density at radius 3 is 2.69 bits per heavy atom. The maximum absolute atomic E-state index is 13.3. The van der Waals surface area contributed by atoms with Crippen molar-refractivity contribution in [1.29, 1.82) is 0 Å². The molecule has 0 aromatic heterocycles. The van der Waals surface area contributed by atoms with Crippen LogP contribution in [-0.2, 0) is 14.4 Å². The molecule has 0 bridgehead atoms. The van der Waals surface area contributed by atoms with E-state index in [0.29, 0.717) is 11.3 Å². The number of hydrogen-bond donors (Lipinski definition) is 1. The molecule has 8 heteroatoms. The molecule has 3 rings (SSSR count). The number of amides is 2. The number of carbonyl (C=O) groups is 3. The second-order valence-corrected chi connectivity index (χ2v) is 5.81. The van der Waals surface area contributed by atoms with Crippen molar-refractivity contribution in [1.82, 2.24) is 5.43 Å².